The van der Waals surface area contributed by atoms with Crippen LogP contribution >= 0.6 is 11.8 Å². The normalized spacial score (nSPS) is 36.4. The smallest absolute Gasteiger partial charge is 0.242 e. The molecule has 0 aromatic carbocycles. The lowest BCUT2D eigenvalue weighted by Gasteiger charge is -2.43. The summed E-state index contributed by atoms with van der Waals surface area (Å²) in [7, 11) is 0. The molecule has 1 saturated heterocycles. The van der Waals surface area contributed by atoms with E-state index in [9.17, 15) is 4.79 Å². The summed E-state index contributed by atoms with van der Waals surface area (Å²) < 4.78 is 0.171. The van der Waals surface area contributed by atoms with Crippen molar-refractivity contribution in [1.82, 2.24) is 4.90 Å². The minimum Gasteiger partial charge on any atom is -0.339 e. The van der Waals surface area contributed by atoms with Gasteiger partial charge in [-0.2, -0.15) is 11.8 Å². The number of nitrogens with two attached hydrogens (primary N) is 1. The van der Waals surface area contributed by atoms with Gasteiger partial charge in [0.25, 0.3) is 0 Å². The fourth-order valence-electron chi connectivity index (χ4n) is 3.29. The standard InChI is InChI=1S/C14H26N2OS/c1-11-5-4-6-14(15,9-11)12(17)16-7-8-18-13(2,3)10-16/h11H,4-10,15H2,1-3H3. The first-order chi connectivity index (χ1) is 8.32. The second-order valence-corrected chi connectivity index (χ2v) is 8.49. The van der Waals surface area contributed by atoms with Crippen molar-refractivity contribution in [3.8, 4) is 0 Å². The summed E-state index contributed by atoms with van der Waals surface area (Å²) in [6.07, 6.45) is 4.03. The molecule has 1 aliphatic heterocycles. The summed E-state index contributed by atoms with van der Waals surface area (Å²) in [5.41, 5.74) is 5.83. The predicted octanol–water partition coefficient (Wildman–Crippen LogP) is 2.25. The minimum absolute atomic E-state index is 0.171. The monoisotopic (exact) mass is 270 g/mol. The van der Waals surface area contributed by atoms with Crippen molar-refractivity contribution in [3.63, 3.8) is 0 Å². The third kappa shape index (κ3) is 3.02. The van der Waals surface area contributed by atoms with Gasteiger partial charge in [0.05, 0.1) is 5.54 Å². The molecule has 18 heavy (non-hydrogen) atoms. The maximum Gasteiger partial charge on any atom is 0.242 e. The van der Waals surface area contributed by atoms with Gasteiger partial charge in [-0.15, -0.1) is 0 Å². The summed E-state index contributed by atoms with van der Waals surface area (Å²) in [6.45, 7) is 8.34. The zero-order valence-corrected chi connectivity index (χ0v) is 12.7. The Morgan fingerprint density at radius 3 is 2.78 bits per heavy atom. The molecule has 1 amide bonds. The van der Waals surface area contributed by atoms with E-state index < -0.39 is 5.54 Å². The van der Waals surface area contributed by atoms with Gasteiger partial charge in [-0.1, -0.05) is 19.8 Å². The topological polar surface area (TPSA) is 46.3 Å². The van der Waals surface area contributed by atoms with Crippen LogP contribution in [0.1, 0.15) is 46.5 Å². The highest BCUT2D eigenvalue weighted by Gasteiger charge is 2.42. The highest BCUT2D eigenvalue weighted by atomic mass is 32.2. The van der Waals surface area contributed by atoms with Crippen molar-refractivity contribution in [2.75, 3.05) is 18.8 Å². The average molecular weight is 270 g/mol. The van der Waals surface area contributed by atoms with Crippen LogP contribution < -0.4 is 5.73 Å². The van der Waals surface area contributed by atoms with E-state index in [0.717, 1.165) is 38.1 Å². The number of hydrogen-bond donors (Lipinski definition) is 1. The third-order valence-corrected chi connectivity index (χ3v) is 5.47. The van der Waals surface area contributed by atoms with Crippen molar-refractivity contribution in [3.05, 3.63) is 0 Å². The number of nitrogens with zero attached hydrogens (tertiary/aromatic N) is 1. The van der Waals surface area contributed by atoms with E-state index >= 15 is 0 Å². The van der Waals surface area contributed by atoms with Gasteiger partial charge in [0, 0.05) is 23.6 Å². The molecule has 2 atom stereocenters. The molecule has 3 nitrogen and oxygen atoms in total. The van der Waals surface area contributed by atoms with E-state index in [1.54, 1.807) is 0 Å². The van der Waals surface area contributed by atoms with Gasteiger partial charge < -0.3 is 10.6 Å². The van der Waals surface area contributed by atoms with Gasteiger partial charge in [-0.3, -0.25) is 4.79 Å². The lowest BCUT2D eigenvalue weighted by molar-refractivity contribution is -0.139. The number of thioether (sulfide) groups is 1. The molecule has 0 bridgehead atoms. The Kier molecular flexibility index (Phi) is 3.98. The van der Waals surface area contributed by atoms with Crippen molar-refractivity contribution in [1.29, 1.82) is 0 Å². The Hall–Kier alpha value is -0.220. The highest BCUT2D eigenvalue weighted by Crippen LogP contribution is 2.35. The minimum atomic E-state index is -0.588. The molecule has 2 unspecified atom stereocenters. The van der Waals surface area contributed by atoms with Gasteiger partial charge in [-0.05, 0) is 32.6 Å². The Bertz CT molecular complexity index is 332. The summed E-state index contributed by atoms with van der Waals surface area (Å²) in [5, 5.41) is 0. The van der Waals surface area contributed by atoms with E-state index in [4.69, 9.17) is 5.73 Å². The van der Waals surface area contributed by atoms with E-state index in [0.29, 0.717) is 5.92 Å². The van der Waals surface area contributed by atoms with Gasteiger partial charge in [0.15, 0.2) is 0 Å². The molecule has 4 heteroatoms. The number of amides is 1. The van der Waals surface area contributed by atoms with Crippen LogP contribution in [0.2, 0.25) is 0 Å². The number of carbonyl (C=O) groups excluding carboxylic acids is 1. The molecule has 0 radical (unpaired) electrons. The summed E-state index contributed by atoms with van der Waals surface area (Å²) in [4.78, 5) is 14.7. The summed E-state index contributed by atoms with van der Waals surface area (Å²) in [5.74, 6) is 1.81. The Morgan fingerprint density at radius 2 is 2.17 bits per heavy atom. The van der Waals surface area contributed by atoms with Gasteiger partial charge in [0.1, 0.15) is 0 Å². The Labute approximate surface area is 115 Å². The van der Waals surface area contributed by atoms with E-state index in [2.05, 4.69) is 20.8 Å². The van der Waals surface area contributed by atoms with Crippen molar-refractivity contribution in [2.45, 2.75) is 56.7 Å². The summed E-state index contributed by atoms with van der Waals surface area (Å²) in [6, 6.07) is 0. The molecule has 2 N–H and O–H groups in total. The van der Waals surface area contributed by atoms with E-state index in [1.807, 2.05) is 16.7 Å². The molecular weight excluding hydrogens is 244 g/mol. The summed E-state index contributed by atoms with van der Waals surface area (Å²) >= 11 is 1.95. The van der Waals surface area contributed by atoms with Crippen molar-refractivity contribution in [2.24, 2.45) is 11.7 Å². The first kappa shape index (κ1) is 14.2. The van der Waals surface area contributed by atoms with Crippen LogP contribution in [0, 0.1) is 5.92 Å². The number of rotatable bonds is 1. The van der Waals surface area contributed by atoms with Crippen LogP contribution in [0.4, 0.5) is 0 Å². The Morgan fingerprint density at radius 1 is 1.44 bits per heavy atom. The van der Waals surface area contributed by atoms with Crippen LogP contribution in [0.3, 0.4) is 0 Å². The second kappa shape index (κ2) is 5.04. The van der Waals surface area contributed by atoms with Crippen LogP contribution in [0.15, 0.2) is 0 Å². The number of hydrogen-bond acceptors (Lipinski definition) is 3. The quantitative estimate of drug-likeness (QED) is 0.795. The van der Waals surface area contributed by atoms with Crippen LogP contribution in [0.5, 0.6) is 0 Å². The third-order valence-electron chi connectivity index (χ3n) is 4.17. The average Bonchev–Trinajstić information content (AvgIpc) is 2.26. The molecule has 0 spiro atoms. The van der Waals surface area contributed by atoms with Crippen LogP contribution in [0.25, 0.3) is 0 Å². The van der Waals surface area contributed by atoms with Crippen molar-refractivity contribution >= 4 is 17.7 Å². The molecule has 2 fully saturated rings. The van der Waals surface area contributed by atoms with Gasteiger partial charge >= 0.3 is 0 Å². The largest absolute Gasteiger partial charge is 0.339 e. The van der Waals surface area contributed by atoms with Crippen molar-refractivity contribution < 1.29 is 4.79 Å². The maximum absolute atomic E-state index is 12.7. The zero-order valence-electron chi connectivity index (χ0n) is 11.9. The SMILES string of the molecule is CC1CCCC(N)(C(=O)N2CCSC(C)(C)C2)C1. The predicted molar refractivity (Wildman–Crippen MR) is 77.7 cm³/mol. The lowest BCUT2D eigenvalue weighted by atomic mass is 9.76. The van der Waals surface area contributed by atoms with Crippen LogP contribution in [-0.2, 0) is 4.79 Å². The Balaban J connectivity index is 2.06. The molecular formula is C14H26N2OS. The molecule has 2 rings (SSSR count). The van der Waals surface area contributed by atoms with Gasteiger partial charge in [-0.25, -0.2) is 0 Å². The molecule has 1 aliphatic carbocycles. The lowest BCUT2D eigenvalue weighted by Crippen LogP contribution is -2.60. The molecule has 1 heterocycles. The maximum atomic E-state index is 12.7. The van der Waals surface area contributed by atoms with E-state index in [1.165, 1.54) is 6.42 Å². The highest BCUT2D eigenvalue weighted by molar-refractivity contribution is 8.00. The van der Waals surface area contributed by atoms with Crippen LogP contribution in [-0.4, -0.2) is 39.9 Å². The molecule has 1 saturated carbocycles. The first-order valence-electron chi connectivity index (χ1n) is 7.05. The fourth-order valence-corrected chi connectivity index (χ4v) is 4.40. The molecule has 0 aromatic rings. The first-order valence-corrected chi connectivity index (χ1v) is 8.03. The van der Waals surface area contributed by atoms with Gasteiger partial charge in [0.2, 0.25) is 5.91 Å². The zero-order chi connectivity index (χ0) is 13.4. The fraction of sp³-hybridized carbons (Fsp3) is 0.929. The second-order valence-electron chi connectivity index (χ2n) is 6.69. The van der Waals surface area contributed by atoms with E-state index in [-0.39, 0.29) is 10.7 Å². The molecule has 104 valence electrons. The molecule has 2 aliphatic rings. The number of carbonyl (C=O) groups is 1. The molecule has 0 aromatic heterocycles.